The highest BCUT2D eigenvalue weighted by molar-refractivity contribution is 5.70. The third kappa shape index (κ3) is 8.67. The molecule has 1 aromatic carbocycles. The zero-order valence-electron chi connectivity index (χ0n) is 12.3. The second-order valence-corrected chi connectivity index (χ2v) is 4.99. The Balaban J connectivity index is 1.95. The van der Waals surface area contributed by atoms with E-state index >= 15 is 0 Å². The normalized spacial score (nSPS) is 10.8. The molecule has 4 heteroatoms. The Kier molecular flexibility index (Phi) is 8.67. The standard InChI is InChI=1S/C16H24O4/c1-14(2)8-9-18-10-11-19-13-16(17)20-12-15-6-4-3-5-7-15/h3-7,14H,8-13H2,1-2H3. The van der Waals surface area contributed by atoms with Crippen molar-refractivity contribution in [3.05, 3.63) is 35.9 Å². The van der Waals surface area contributed by atoms with E-state index in [1.165, 1.54) is 0 Å². The number of benzene rings is 1. The molecule has 0 aliphatic carbocycles. The molecule has 0 heterocycles. The molecule has 0 aliphatic rings. The van der Waals surface area contributed by atoms with Crippen molar-refractivity contribution in [2.75, 3.05) is 26.4 Å². The van der Waals surface area contributed by atoms with E-state index < -0.39 is 0 Å². The number of rotatable bonds is 10. The topological polar surface area (TPSA) is 44.8 Å². The highest BCUT2D eigenvalue weighted by Gasteiger charge is 2.03. The summed E-state index contributed by atoms with van der Waals surface area (Å²) in [4.78, 5) is 11.4. The first-order valence-corrected chi connectivity index (χ1v) is 7.03. The summed E-state index contributed by atoms with van der Waals surface area (Å²) < 4.78 is 15.7. The fourth-order valence-electron chi connectivity index (χ4n) is 1.47. The number of carbonyl (C=O) groups is 1. The van der Waals surface area contributed by atoms with Gasteiger partial charge < -0.3 is 14.2 Å². The van der Waals surface area contributed by atoms with Crippen LogP contribution < -0.4 is 0 Å². The van der Waals surface area contributed by atoms with Crippen molar-refractivity contribution in [2.45, 2.75) is 26.9 Å². The predicted molar refractivity (Wildman–Crippen MR) is 77.3 cm³/mol. The summed E-state index contributed by atoms with van der Waals surface area (Å²) in [6.07, 6.45) is 1.04. The molecule has 1 aromatic rings. The van der Waals surface area contributed by atoms with Gasteiger partial charge in [-0.05, 0) is 17.9 Å². The molecule has 0 unspecified atom stereocenters. The van der Waals surface area contributed by atoms with Gasteiger partial charge in [-0.15, -0.1) is 0 Å². The van der Waals surface area contributed by atoms with Crippen LogP contribution in [0.1, 0.15) is 25.8 Å². The van der Waals surface area contributed by atoms with Gasteiger partial charge in [-0.1, -0.05) is 44.2 Å². The Bertz CT molecular complexity index is 362. The molecule has 0 atom stereocenters. The highest BCUT2D eigenvalue weighted by Crippen LogP contribution is 2.01. The Morgan fingerprint density at radius 1 is 1.05 bits per heavy atom. The van der Waals surface area contributed by atoms with E-state index in [1.54, 1.807) is 0 Å². The monoisotopic (exact) mass is 280 g/mol. The zero-order valence-corrected chi connectivity index (χ0v) is 12.3. The second kappa shape index (κ2) is 10.4. The number of ether oxygens (including phenoxy) is 3. The molecule has 4 nitrogen and oxygen atoms in total. The summed E-state index contributed by atoms with van der Waals surface area (Å²) in [5.41, 5.74) is 0.970. The molecule has 0 aliphatic heterocycles. The van der Waals surface area contributed by atoms with Crippen LogP contribution in [0.3, 0.4) is 0 Å². The summed E-state index contributed by atoms with van der Waals surface area (Å²) in [5, 5.41) is 0. The zero-order chi connectivity index (χ0) is 14.6. The molecule has 0 bridgehead atoms. The number of hydrogen-bond acceptors (Lipinski definition) is 4. The van der Waals surface area contributed by atoms with Gasteiger partial charge in [0.05, 0.1) is 13.2 Å². The Labute approximate surface area is 121 Å². The van der Waals surface area contributed by atoms with Crippen molar-refractivity contribution in [1.82, 2.24) is 0 Å². The van der Waals surface area contributed by atoms with Gasteiger partial charge in [0.25, 0.3) is 0 Å². The van der Waals surface area contributed by atoms with Crippen LogP contribution >= 0.6 is 0 Å². The molecule has 0 fully saturated rings. The maximum atomic E-state index is 11.4. The summed E-state index contributed by atoms with van der Waals surface area (Å²) in [6, 6.07) is 9.57. The molecule has 0 spiro atoms. The van der Waals surface area contributed by atoms with Crippen molar-refractivity contribution in [3.63, 3.8) is 0 Å². The largest absolute Gasteiger partial charge is 0.459 e. The molecule has 0 saturated heterocycles. The summed E-state index contributed by atoms with van der Waals surface area (Å²) in [5.74, 6) is 0.292. The fourth-order valence-corrected chi connectivity index (χ4v) is 1.47. The second-order valence-electron chi connectivity index (χ2n) is 4.99. The van der Waals surface area contributed by atoms with Crippen molar-refractivity contribution in [2.24, 2.45) is 5.92 Å². The Morgan fingerprint density at radius 3 is 2.45 bits per heavy atom. The van der Waals surface area contributed by atoms with Crippen molar-refractivity contribution in [3.8, 4) is 0 Å². The van der Waals surface area contributed by atoms with Crippen LogP contribution in [-0.4, -0.2) is 32.4 Å². The third-order valence-corrected chi connectivity index (χ3v) is 2.67. The lowest BCUT2D eigenvalue weighted by molar-refractivity contribution is -0.150. The molecule has 1 rings (SSSR count). The van der Waals surface area contributed by atoms with Crippen molar-refractivity contribution < 1.29 is 19.0 Å². The summed E-state index contributed by atoms with van der Waals surface area (Å²) in [7, 11) is 0. The molecule has 0 N–H and O–H groups in total. The lowest BCUT2D eigenvalue weighted by Crippen LogP contribution is -2.15. The van der Waals surface area contributed by atoms with Crippen LogP contribution in [-0.2, 0) is 25.6 Å². The Morgan fingerprint density at radius 2 is 1.75 bits per heavy atom. The van der Waals surface area contributed by atoms with Crippen molar-refractivity contribution in [1.29, 1.82) is 0 Å². The van der Waals surface area contributed by atoms with E-state index in [1.807, 2.05) is 30.3 Å². The molecular formula is C16H24O4. The maximum Gasteiger partial charge on any atom is 0.332 e. The predicted octanol–water partition coefficient (Wildman–Crippen LogP) is 2.81. The number of esters is 1. The van der Waals surface area contributed by atoms with Crippen LogP contribution in [0.25, 0.3) is 0 Å². The molecular weight excluding hydrogens is 256 g/mol. The van der Waals surface area contributed by atoms with E-state index in [0.717, 1.165) is 18.6 Å². The number of carbonyl (C=O) groups excluding carboxylic acids is 1. The van der Waals surface area contributed by atoms with Gasteiger partial charge in [0.2, 0.25) is 0 Å². The smallest absolute Gasteiger partial charge is 0.332 e. The van der Waals surface area contributed by atoms with Gasteiger partial charge in [0.15, 0.2) is 0 Å². The Hall–Kier alpha value is -1.39. The average molecular weight is 280 g/mol. The molecule has 0 aromatic heterocycles. The minimum Gasteiger partial charge on any atom is -0.459 e. The third-order valence-electron chi connectivity index (χ3n) is 2.67. The lowest BCUT2D eigenvalue weighted by atomic mass is 10.1. The van der Waals surface area contributed by atoms with E-state index in [9.17, 15) is 4.79 Å². The van der Waals surface area contributed by atoms with Gasteiger partial charge in [0.1, 0.15) is 13.2 Å². The van der Waals surface area contributed by atoms with Crippen LogP contribution in [0, 0.1) is 5.92 Å². The molecule has 0 radical (unpaired) electrons. The van der Waals surface area contributed by atoms with E-state index in [2.05, 4.69) is 13.8 Å². The lowest BCUT2D eigenvalue weighted by Gasteiger charge is -2.07. The van der Waals surface area contributed by atoms with E-state index in [0.29, 0.717) is 19.1 Å². The molecule has 20 heavy (non-hydrogen) atoms. The quantitative estimate of drug-likeness (QED) is 0.488. The van der Waals surface area contributed by atoms with Crippen LogP contribution in [0.15, 0.2) is 30.3 Å². The van der Waals surface area contributed by atoms with E-state index in [-0.39, 0.29) is 19.2 Å². The maximum absolute atomic E-state index is 11.4. The van der Waals surface area contributed by atoms with Crippen LogP contribution in [0.4, 0.5) is 0 Å². The number of hydrogen-bond donors (Lipinski definition) is 0. The minimum atomic E-state index is -0.351. The highest BCUT2D eigenvalue weighted by atomic mass is 16.6. The van der Waals surface area contributed by atoms with E-state index in [4.69, 9.17) is 14.2 Å². The molecule has 0 saturated carbocycles. The van der Waals surface area contributed by atoms with Crippen LogP contribution in [0.2, 0.25) is 0 Å². The average Bonchev–Trinajstić information content (AvgIpc) is 2.45. The molecule has 0 amide bonds. The summed E-state index contributed by atoms with van der Waals surface area (Å²) >= 11 is 0. The van der Waals surface area contributed by atoms with Gasteiger partial charge >= 0.3 is 5.97 Å². The first kappa shape index (κ1) is 16.7. The SMILES string of the molecule is CC(C)CCOCCOCC(=O)OCc1ccccc1. The fraction of sp³-hybridized carbons (Fsp3) is 0.562. The van der Waals surface area contributed by atoms with Crippen LogP contribution in [0.5, 0.6) is 0 Å². The minimum absolute atomic E-state index is 0.0274. The van der Waals surface area contributed by atoms with Gasteiger partial charge in [0, 0.05) is 6.61 Å². The molecule has 112 valence electrons. The first-order chi connectivity index (χ1) is 9.68. The van der Waals surface area contributed by atoms with Crippen molar-refractivity contribution >= 4 is 5.97 Å². The first-order valence-electron chi connectivity index (χ1n) is 7.03. The summed E-state index contributed by atoms with van der Waals surface area (Å²) in [6.45, 7) is 6.23. The van der Waals surface area contributed by atoms with Gasteiger partial charge in [-0.25, -0.2) is 4.79 Å². The van der Waals surface area contributed by atoms with Gasteiger partial charge in [-0.2, -0.15) is 0 Å². The van der Waals surface area contributed by atoms with Gasteiger partial charge in [-0.3, -0.25) is 0 Å².